The van der Waals surface area contributed by atoms with Crippen LogP contribution in [0.1, 0.15) is 17.3 Å². The van der Waals surface area contributed by atoms with Crippen LogP contribution in [0.25, 0.3) is 10.9 Å². The van der Waals surface area contributed by atoms with Gasteiger partial charge >= 0.3 is 5.69 Å². The molecule has 0 aliphatic heterocycles. The number of carbonyl (C=O) groups is 1. The third-order valence-corrected chi connectivity index (χ3v) is 6.28. The van der Waals surface area contributed by atoms with E-state index in [4.69, 9.17) is 0 Å². The van der Waals surface area contributed by atoms with Crippen molar-refractivity contribution in [2.45, 2.75) is 18.4 Å². The predicted molar refractivity (Wildman–Crippen MR) is 110 cm³/mol. The lowest BCUT2D eigenvalue weighted by Gasteiger charge is -2.12. The Morgan fingerprint density at radius 2 is 1.76 bits per heavy atom. The van der Waals surface area contributed by atoms with E-state index in [9.17, 15) is 22.8 Å². The zero-order chi connectivity index (χ0) is 21.3. The highest BCUT2D eigenvalue weighted by molar-refractivity contribution is 7.89. The highest BCUT2D eigenvalue weighted by atomic mass is 32.2. The van der Waals surface area contributed by atoms with Gasteiger partial charge < -0.3 is 10.3 Å². The number of nitrogens with one attached hydrogen (secondary N) is 2. The Balaban J connectivity index is 1.89. The van der Waals surface area contributed by atoms with Crippen molar-refractivity contribution in [2.24, 2.45) is 0 Å². The summed E-state index contributed by atoms with van der Waals surface area (Å²) < 4.78 is 26.4. The molecule has 3 rings (SSSR count). The molecule has 1 heterocycles. The fourth-order valence-corrected chi connectivity index (χ4v) is 3.71. The number of aromatic amines is 1. The van der Waals surface area contributed by atoms with Gasteiger partial charge in [-0.1, -0.05) is 0 Å². The van der Waals surface area contributed by atoms with Crippen molar-refractivity contribution in [1.29, 1.82) is 0 Å². The van der Waals surface area contributed by atoms with Gasteiger partial charge in [0.2, 0.25) is 10.0 Å². The lowest BCUT2D eigenvalue weighted by Crippen LogP contribution is -2.34. The summed E-state index contributed by atoms with van der Waals surface area (Å²) in [7, 11) is -0.688. The average Bonchev–Trinajstić information content (AvgIpc) is 2.68. The van der Waals surface area contributed by atoms with Crippen LogP contribution in [0.5, 0.6) is 0 Å². The quantitative estimate of drug-likeness (QED) is 0.648. The molecule has 2 aromatic carbocycles. The minimum atomic E-state index is -3.56. The van der Waals surface area contributed by atoms with Gasteiger partial charge in [0.1, 0.15) is 0 Å². The van der Waals surface area contributed by atoms with Crippen LogP contribution in [0.15, 0.2) is 56.9 Å². The van der Waals surface area contributed by atoms with Crippen LogP contribution >= 0.6 is 0 Å². The van der Waals surface area contributed by atoms with Crippen molar-refractivity contribution in [2.75, 3.05) is 19.4 Å². The van der Waals surface area contributed by atoms with Crippen LogP contribution in [0, 0.1) is 0 Å². The second kappa shape index (κ2) is 7.64. The largest absolute Gasteiger partial charge is 0.328 e. The van der Waals surface area contributed by atoms with Crippen molar-refractivity contribution < 1.29 is 13.2 Å². The Morgan fingerprint density at radius 3 is 2.34 bits per heavy atom. The summed E-state index contributed by atoms with van der Waals surface area (Å²) in [6.07, 6.45) is 0. The van der Waals surface area contributed by atoms with Crippen LogP contribution in [0.4, 0.5) is 5.69 Å². The molecule has 0 unspecified atom stereocenters. The molecule has 0 saturated heterocycles. The van der Waals surface area contributed by atoms with E-state index in [0.717, 1.165) is 8.87 Å². The number of sulfonamides is 1. The summed E-state index contributed by atoms with van der Waals surface area (Å²) in [6.45, 7) is 1.94. The molecule has 152 valence electrons. The molecule has 9 nitrogen and oxygen atoms in total. The monoisotopic (exact) mass is 416 g/mol. The summed E-state index contributed by atoms with van der Waals surface area (Å²) in [5, 5.41) is 2.97. The van der Waals surface area contributed by atoms with E-state index in [2.05, 4.69) is 10.3 Å². The number of anilines is 1. The lowest BCUT2D eigenvalue weighted by atomic mass is 10.1. The van der Waals surface area contributed by atoms with Crippen molar-refractivity contribution in [3.63, 3.8) is 0 Å². The molecule has 0 aliphatic carbocycles. The molecule has 0 fully saturated rings. The summed E-state index contributed by atoms with van der Waals surface area (Å²) in [6, 6.07) is 10.2. The zero-order valence-electron chi connectivity index (χ0n) is 16.1. The lowest BCUT2D eigenvalue weighted by molar-refractivity contribution is 0.102. The SMILES string of the molecule is CCn1c(=O)[nH]c2cc(C(=O)Nc3ccc(S(=O)(=O)N(C)C)cc3)ccc2c1=O. The van der Waals surface area contributed by atoms with Crippen LogP contribution in [-0.2, 0) is 16.6 Å². The van der Waals surface area contributed by atoms with E-state index < -0.39 is 27.2 Å². The first-order valence-electron chi connectivity index (χ1n) is 8.76. The molecule has 0 radical (unpaired) electrons. The van der Waals surface area contributed by atoms with Gasteiger partial charge in [0.05, 0.1) is 15.8 Å². The maximum Gasteiger partial charge on any atom is 0.328 e. The number of fused-ring (bicyclic) bond motifs is 1. The minimum Gasteiger partial charge on any atom is -0.322 e. The van der Waals surface area contributed by atoms with Crippen molar-refractivity contribution in [1.82, 2.24) is 13.9 Å². The van der Waals surface area contributed by atoms with E-state index >= 15 is 0 Å². The van der Waals surface area contributed by atoms with Crippen LogP contribution < -0.4 is 16.6 Å². The van der Waals surface area contributed by atoms with E-state index in [0.29, 0.717) is 11.1 Å². The molecule has 0 bridgehead atoms. The molecular weight excluding hydrogens is 396 g/mol. The topological polar surface area (TPSA) is 121 Å². The summed E-state index contributed by atoms with van der Waals surface area (Å²) in [4.78, 5) is 39.5. The predicted octanol–water partition coefficient (Wildman–Crippen LogP) is 1.21. The molecule has 10 heteroatoms. The average molecular weight is 416 g/mol. The van der Waals surface area contributed by atoms with Crippen molar-refractivity contribution in [3.05, 3.63) is 68.9 Å². The molecule has 0 atom stereocenters. The molecule has 0 spiro atoms. The third-order valence-electron chi connectivity index (χ3n) is 4.45. The first-order chi connectivity index (χ1) is 13.6. The summed E-state index contributed by atoms with van der Waals surface area (Å²) in [5.41, 5.74) is -0.0459. The fourth-order valence-electron chi connectivity index (χ4n) is 2.81. The van der Waals surface area contributed by atoms with Crippen LogP contribution in [-0.4, -0.2) is 42.3 Å². The molecule has 3 aromatic rings. The maximum atomic E-state index is 12.5. The van der Waals surface area contributed by atoms with Gasteiger partial charge in [0.15, 0.2) is 0 Å². The Morgan fingerprint density at radius 1 is 1.10 bits per heavy atom. The first-order valence-corrected chi connectivity index (χ1v) is 10.2. The van der Waals surface area contributed by atoms with Crippen molar-refractivity contribution in [3.8, 4) is 0 Å². The Labute approximate surface area is 166 Å². The summed E-state index contributed by atoms with van der Waals surface area (Å²) >= 11 is 0. The number of nitrogens with zero attached hydrogens (tertiary/aromatic N) is 2. The van der Waals surface area contributed by atoms with Crippen LogP contribution in [0.3, 0.4) is 0 Å². The highest BCUT2D eigenvalue weighted by Crippen LogP contribution is 2.18. The van der Waals surface area contributed by atoms with Crippen molar-refractivity contribution >= 4 is 32.5 Å². The minimum absolute atomic E-state index is 0.107. The number of amides is 1. The van der Waals surface area contributed by atoms with E-state index in [1.807, 2.05) is 0 Å². The second-order valence-electron chi connectivity index (χ2n) is 6.51. The molecule has 2 N–H and O–H groups in total. The molecule has 0 aliphatic rings. The number of carbonyl (C=O) groups excluding carboxylic acids is 1. The van der Waals surface area contributed by atoms with Gasteiger partial charge in [0.25, 0.3) is 11.5 Å². The Kier molecular flexibility index (Phi) is 5.40. The molecule has 1 aromatic heterocycles. The standard InChI is InChI=1S/C19H20N4O5S/c1-4-23-18(25)15-10-5-12(11-16(15)21-19(23)26)17(24)20-13-6-8-14(9-7-13)29(27,28)22(2)3/h5-11H,4H2,1-3H3,(H,20,24)(H,21,26). The van der Waals surface area contributed by atoms with E-state index in [1.54, 1.807) is 6.92 Å². The number of rotatable bonds is 5. The zero-order valence-corrected chi connectivity index (χ0v) is 16.9. The third kappa shape index (κ3) is 3.84. The number of hydrogen-bond acceptors (Lipinski definition) is 5. The second-order valence-corrected chi connectivity index (χ2v) is 8.66. The maximum absolute atomic E-state index is 12.5. The molecule has 0 saturated carbocycles. The normalized spacial score (nSPS) is 11.7. The van der Waals surface area contributed by atoms with E-state index in [-0.39, 0.29) is 22.5 Å². The fraction of sp³-hybridized carbons (Fsp3) is 0.211. The van der Waals surface area contributed by atoms with Gasteiger partial charge in [-0.25, -0.2) is 17.5 Å². The molecular formula is C19H20N4O5S. The number of H-pyrrole nitrogens is 1. The number of hydrogen-bond donors (Lipinski definition) is 2. The number of aromatic nitrogens is 2. The summed E-state index contributed by atoms with van der Waals surface area (Å²) in [5.74, 6) is -0.462. The highest BCUT2D eigenvalue weighted by Gasteiger charge is 2.17. The Hall–Kier alpha value is -3.24. The van der Waals surface area contributed by atoms with Gasteiger partial charge in [0, 0.05) is 31.9 Å². The smallest absolute Gasteiger partial charge is 0.322 e. The van der Waals surface area contributed by atoms with Gasteiger partial charge in [-0.3, -0.25) is 14.2 Å². The van der Waals surface area contributed by atoms with Gasteiger partial charge in [-0.2, -0.15) is 0 Å². The number of benzene rings is 2. The van der Waals surface area contributed by atoms with E-state index in [1.165, 1.54) is 56.6 Å². The van der Waals surface area contributed by atoms with Gasteiger partial charge in [-0.15, -0.1) is 0 Å². The molecule has 1 amide bonds. The van der Waals surface area contributed by atoms with Crippen LogP contribution in [0.2, 0.25) is 0 Å². The first kappa shape index (κ1) is 20.5. The Bertz CT molecular complexity index is 1310. The van der Waals surface area contributed by atoms with Gasteiger partial charge in [-0.05, 0) is 49.4 Å². The molecule has 29 heavy (non-hydrogen) atoms.